The van der Waals surface area contributed by atoms with Gasteiger partial charge in [0.25, 0.3) is 5.91 Å². The van der Waals surface area contributed by atoms with Crippen LogP contribution in [0.3, 0.4) is 0 Å². The Morgan fingerprint density at radius 3 is 2.58 bits per heavy atom. The largest absolute Gasteiger partial charge is 0.329 e. The van der Waals surface area contributed by atoms with Gasteiger partial charge in [-0.15, -0.1) is 0 Å². The number of hydrazine groups is 1. The lowest BCUT2D eigenvalue weighted by atomic mass is 10.3. The molecule has 0 radical (unpaired) electrons. The average molecular weight is 367 g/mol. The highest BCUT2D eigenvalue weighted by molar-refractivity contribution is 7.80. The van der Waals surface area contributed by atoms with Crippen molar-refractivity contribution in [3.8, 4) is 0 Å². The molecule has 0 atom stereocenters. The van der Waals surface area contributed by atoms with Gasteiger partial charge in [0.2, 0.25) is 0 Å². The Morgan fingerprint density at radius 2 is 1.77 bits per heavy atom. The summed E-state index contributed by atoms with van der Waals surface area (Å²) in [5.74, 6) is -0.893. The maximum Gasteiger partial charge on any atom is 0.262 e. The van der Waals surface area contributed by atoms with Crippen LogP contribution < -0.4 is 16.2 Å². The molecule has 1 amide bonds. The maximum absolute atomic E-state index is 13.5. The number of hydrogen-bond donors (Lipinski definition) is 3. The summed E-state index contributed by atoms with van der Waals surface area (Å²) in [7, 11) is 0. The van der Waals surface area contributed by atoms with Gasteiger partial charge in [0.05, 0.1) is 28.6 Å². The van der Waals surface area contributed by atoms with Gasteiger partial charge in [0.15, 0.2) is 5.11 Å². The summed E-state index contributed by atoms with van der Waals surface area (Å²) in [6, 6.07) is 13.5. The Kier molecular flexibility index (Phi) is 5.45. The van der Waals surface area contributed by atoms with Crippen LogP contribution in [0.5, 0.6) is 0 Å². The van der Waals surface area contributed by atoms with Crippen molar-refractivity contribution in [3.05, 3.63) is 72.3 Å². The van der Waals surface area contributed by atoms with Crippen LogP contribution in [0.25, 0.3) is 17.1 Å². The van der Waals surface area contributed by atoms with Crippen LogP contribution in [0, 0.1) is 5.82 Å². The number of nitrogens with one attached hydrogen (secondary N) is 3. The molecule has 0 saturated carbocycles. The SMILES string of the molecule is O=C(/C=C/c1cnc2ccccc2n1)NNC(=S)Nc1ccccc1F. The zero-order valence-corrected chi connectivity index (χ0v) is 14.3. The van der Waals surface area contributed by atoms with E-state index in [4.69, 9.17) is 12.2 Å². The fraction of sp³-hybridized carbons (Fsp3) is 0. The molecule has 0 aliphatic heterocycles. The van der Waals surface area contributed by atoms with Gasteiger partial charge in [-0.05, 0) is 42.6 Å². The molecular formula is C18H14FN5OS. The molecule has 6 nitrogen and oxygen atoms in total. The van der Waals surface area contributed by atoms with Crippen LogP contribution in [0.2, 0.25) is 0 Å². The molecule has 0 bridgehead atoms. The molecule has 0 fully saturated rings. The molecule has 0 aliphatic carbocycles. The minimum Gasteiger partial charge on any atom is -0.329 e. The number of anilines is 1. The smallest absolute Gasteiger partial charge is 0.262 e. The van der Waals surface area contributed by atoms with Gasteiger partial charge in [-0.3, -0.25) is 20.6 Å². The standard InChI is InChI=1S/C18H14FN5OS/c19-13-5-1-2-6-14(13)22-18(26)24-23-17(25)10-9-12-11-20-15-7-3-4-8-16(15)21-12/h1-11H,(H,23,25)(H2,22,24,26)/b10-9+. The van der Waals surface area contributed by atoms with Crippen molar-refractivity contribution in [1.29, 1.82) is 0 Å². The van der Waals surface area contributed by atoms with Gasteiger partial charge in [0.1, 0.15) is 5.82 Å². The van der Waals surface area contributed by atoms with E-state index >= 15 is 0 Å². The van der Waals surface area contributed by atoms with E-state index in [9.17, 15) is 9.18 Å². The monoisotopic (exact) mass is 367 g/mol. The van der Waals surface area contributed by atoms with Crippen molar-refractivity contribution in [2.45, 2.75) is 0 Å². The van der Waals surface area contributed by atoms with Gasteiger partial charge in [0, 0.05) is 6.08 Å². The molecule has 3 N–H and O–H groups in total. The van der Waals surface area contributed by atoms with E-state index < -0.39 is 11.7 Å². The Morgan fingerprint density at radius 1 is 1.04 bits per heavy atom. The van der Waals surface area contributed by atoms with Crippen LogP contribution in [0.1, 0.15) is 5.69 Å². The van der Waals surface area contributed by atoms with Crippen molar-refractivity contribution in [2.24, 2.45) is 0 Å². The Balaban J connectivity index is 1.53. The van der Waals surface area contributed by atoms with E-state index in [1.807, 2.05) is 24.3 Å². The van der Waals surface area contributed by atoms with E-state index in [0.717, 1.165) is 11.0 Å². The van der Waals surface area contributed by atoms with Crippen LogP contribution in [0.4, 0.5) is 10.1 Å². The molecule has 0 unspecified atom stereocenters. The van der Waals surface area contributed by atoms with Crippen molar-refractivity contribution < 1.29 is 9.18 Å². The van der Waals surface area contributed by atoms with E-state index in [0.29, 0.717) is 5.69 Å². The van der Waals surface area contributed by atoms with Crippen molar-refractivity contribution in [3.63, 3.8) is 0 Å². The third kappa shape index (κ3) is 4.58. The molecule has 8 heteroatoms. The highest BCUT2D eigenvalue weighted by Crippen LogP contribution is 2.12. The summed E-state index contributed by atoms with van der Waals surface area (Å²) < 4.78 is 13.5. The predicted octanol–water partition coefficient (Wildman–Crippen LogP) is 2.80. The summed E-state index contributed by atoms with van der Waals surface area (Å²) in [5, 5.41) is 2.70. The first-order valence-corrected chi connectivity index (χ1v) is 8.04. The Labute approximate surface area is 154 Å². The van der Waals surface area contributed by atoms with Crippen molar-refractivity contribution in [2.75, 3.05) is 5.32 Å². The maximum atomic E-state index is 13.5. The number of carbonyl (C=O) groups is 1. The van der Waals surface area contributed by atoms with Gasteiger partial charge >= 0.3 is 0 Å². The number of nitrogens with zero attached hydrogens (tertiary/aromatic N) is 2. The zero-order chi connectivity index (χ0) is 18.4. The lowest BCUT2D eigenvalue weighted by molar-refractivity contribution is -0.116. The summed E-state index contributed by atoms with van der Waals surface area (Å²) in [5.41, 5.74) is 7.14. The quantitative estimate of drug-likeness (QED) is 0.375. The van der Waals surface area contributed by atoms with E-state index in [1.54, 1.807) is 18.3 Å². The lowest BCUT2D eigenvalue weighted by Gasteiger charge is -2.10. The summed E-state index contributed by atoms with van der Waals surface area (Å²) in [6.45, 7) is 0. The highest BCUT2D eigenvalue weighted by atomic mass is 32.1. The first-order valence-electron chi connectivity index (χ1n) is 7.63. The molecule has 26 heavy (non-hydrogen) atoms. The molecule has 0 saturated heterocycles. The number of carbonyl (C=O) groups excluding carboxylic acids is 1. The normalized spacial score (nSPS) is 10.7. The number of rotatable bonds is 3. The third-order valence-electron chi connectivity index (χ3n) is 3.29. The van der Waals surface area contributed by atoms with Crippen molar-refractivity contribution in [1.82, 2.24) is 20.8 Å². The molecule has 2 aromatic carbocycles. The Bertz CT molecular complexity index is 992. The van der Waals surface area contributed by atoms with Crippen LogP contribution in [-0.2, 0) is 4.79 Å². The highest BCUT2D eigenvalue weighted by Gasteiger charge is 2.03. The third-order valence-corrected chi connectivity index (χ3v) is 3.50. The summed E-state index contributed by atoms with van der Waals surface area (Å²) >= 11 is 4.99. The first-order chi connectivity index (χ1) is 12.6. The van der Waals surface area contributed by atoms with Crippen LogP contribution >= 0.6 is 12.2 Å². The van der Waals surface area contributed by atoms with E-state index in [2.05, 4.69) is 26.1 Å². The van der Waals surface area contributed by atoms with Crippen LogP contribution in [0.15, 0.2) is 60.8 Å². The number of para-hydroxylation sites is 3. The number of thiocarbonyl (C=S) groups is 1. The molecule has 0 aliphatic rings. The average Bonchev–Trinajstić information content (AvgIpc) is 2.66. The number of benzene rings is 2. The number of halogens is 1. The molecule has 0 spiro atoms. The van der Waals surface area contributed by atoms with Gasteiger partial charge < -0.3 is 5.32 Å². The minimum atomic E-state index is -0.447. The van der Waals surface area contributed by atoms with Gasteiger partial charge in [-0.1, -0.05) is 24.3 Å². The summed E-state index contributed by atoms with van der Waals surface area (Å²) in [6.07, 6.45) is 4.39. The van der Waals surface area contributed by atoms with E-state index in [1.165, 1.54) is 24.3 Å². The molecular weight excluding hydrogens is 353 g/mol. The topological polar surface area (TPSA) is 78.9 Å². The van der Waals surface area contributed by atoms with Crippen molar-refractivity contribution >= 4 is 46.0 Å². The molecule has 3 rings (SSSR count). The minimum absolute atomic E-state index is 0.0577. The fourth-order valence-electron chi connectivity index (χ4n) is 2.09. The number of fused-ring (bicyclic) bond motifs is 1. The summed E-state index contributed by atoms with van der Waals surface area (Å²) in [4.78, 5) is 20.5. The van der Waals surface area contributed by atoms with Gasteiger partial charge in [-0.2, -0.15) is 0 Å². The number of amides is 1. The first kappa shape index (κ1) is 17.4. The number of hydrogen-bond acceptors (Lipinski definition) is 4. The van der Waals surface area contributed by atoms with E-state index in [-0.39, 0.29) is 10.8 Å². The lowest BCUT2D eigenvalue weighted by Crippen LogP contribution is -2.43. The Hall–Kier alpha value is -3.39. The molecule has 130 valence electrons. The van der Waals surface area contributed by atoms with Crippen LogP contribution in [-0.4, -0.2) is 21.0 Å². The predicted molar refractivity (Wildman–Crippen MR) is 102 cm³/mol. The molecule has 3 aromatic rings. The van der Waals surface area contributed by atoms with Gasteiger partial charge in [-0.25, -0.2) is 9.37 Å². The fourth-order valence-corrected chi connectivity index (χ4v) is 2.25. The molecule has 1 aromatic heterocycles. The molecule has 1 heterocycles. The second kappa shape index (κ2) is 8.13. The number of aromatic nitrogens is 2. The zero-order valence-electron chi connectivity index (χ0n) is 13.4. The second-order valence-electron chi connectivity index (χ2n) is 5.17. The second-order valence-corrected chi connectivity index (χ2v) is 5.57.